The maximum Gasteiger partial charge on any atom is 0.268 e. The van der Waals surface area contributed by atoms with Crippen LogP contribution in [0.3, 0.4) is 0 Å². The number of sulfonamides is 1. The summed E-state index contributed by atoms with van der Waals surface area (Å²) in [6.07, 6.45) is 0.817. The summed E-state index contributed by atoms with van der Waals surface area (Å²) >= 11 is 6.07. The van der Waals surface area contributed by atoms with Gasteiger partial charge in [0, 0.05) is 61.2 Å². The Morgan fingerprint density at radius 3 is 2.52 bits per heavy atom. The van der Waals surface area contributed by atoms with Gasteiger partial charge in [-0.15, -0.1) is 0 Å². The van der Waals surface area contributed by atoms with Crippen LogP contribution in [0.5, 0.6) is 5.75 Å². The number of aromatic nitrogens is 1. The summed E-state index contributed by atoms with van der Waals surface area (Å²) in [7, 11) is -0.844. The number of nitrogens with zero attached hydrogens (tertiary/aromatic N) is 3. The molecule has 226 valence electrons. The number of likely N-dealkylation sites (N-methyl/N-ethyl adjacent to an activating group) is 1. The first-order valence-corrected chi connectivity index (χ1v) is 15.8. The van der Waals surface area contributed by atoms with E-state index in [-0.39, 0.29) is 41.1 Å². The van der Waals surface area contributed by atoms with Gasteiger partial charge in [0.1, 0.15) is 22.4 Å². The highest BCUT2D eigenvalue weighted by Gasteiger charge is 2.48. The van der Waals surface area contributed by atoms with Crippen LogP contribution in [0.4, 0.5) is 0 Å². The fraction of sp³-hybridized carbons (Fsp3) is 0.467. The number of hydrogen-bond acceptors (Lipinski definition) is 6. The quantitative estimate of drug-likeness (QED) is 0.380. The fourth-order valence-corrected chi connectivity index (χ4v) is 7.50. The highest BCUT2D eigenvalue weighted by Crippen LogP contribution is 2.34. The lowest BCUT2D eigenvalue weighted by atomic mass is 9.85. The smallest absolute Gasteiger partial charge is 0.268 e. The third-order valence-electron chi connectivity index (χ3n) is 8.32. The number of carbonyl (C=O) groups is 2. The van der Waals surface area contributed by atoms with Gasteiger partial charge in [-0.25, -0.2) is 8.42 Å². The Labute approximate surface area is 252 Å². The van der Waals surface area contributed by atoms with E-state index >= 15 is 0 Å². The second-order valence-electron chi connectivity index (χ2n) is 12.2. The molecule has 2 amide bonds. The van der Waals surface area contributed by atoms with Gasteiger partial charge in [-0.05, 0) is 42.2 Å². The van der Waals surface area contributed by atoms with Crippen molar-refractivity contribution in [2.75, 3.05) is 40.3 Å². The Kier molecular flexibility index (Phi) is 8.32. The molecule has 2 saturated heterocycles. The van der Waals surface area contributed by atoms with Crippen molar-refractivity contribution in [3.05, 3.63) is 59.2 Å². The zero-order valence-corrected chi connectivity index (χ0v) is 26.1. The highest BCUT2D eigenvalue weighted by atomic mass is 35.5. The second-order valence-corrected chi connectivity index (χ2v) is 14.6. The molecule has 1 aromatic heterocycles. The highest BCUT2D eigenvalue weighted by molar-refractivity contribution is 7.89. The topological polar surface area (TPSA) is 115 Å². The van der Waals surface area contributed by atoms with Gasteiger partial charge in [-0.2, -0.15) is 4.31 Å². The molecule has 10 nitrogen and oxygen atoms in total. The molecular weight excluding hydrogens is 578 g/mol. The van der Waals surface area contributed by atoms with Crippen molar-refractivity contribution in [1.29, 1.82) is 0 Å². The van der Waals surface area contributed by atoms with Crippen LogP contribution >= 0.6 is 11.6 Å². The number of H-pyrrole nitrogens is 1. The molecule has 2 fully saturated rings. The van der Waals surface area contributed by atoms with Gasteiger partial charge >= 0.3 is 0 Å². The van der Waals surface area contributed by atoms with Gasteiger partial charge in [0.05, 0.1) is 7.11 Å². The van der Waals surface area contributed by atoms with E-state index < -0.39 is 21.5 Å². The van der Waals surface area contributed by atoms with Crippen molar-refractivity contribution in [3.63, 3.8) is 0 Å². The normalized spacial score (nSPS) is 19.9. The molecular formula is C30H38ClN5O5S. The van der Waals surface area contributed by atoms with Gasteiger partial charge in [0.2, 0.25) is 15.9 Å². The zero-order chi connectivity index (χ0) is 30.4. The Hall–Kier alpha value is -3.12. The summed E-state index contributed by atoms with van der Waals surface area (Å²) in [5.74, 6) is -0.163. The van der Waals surface area contributed by atoms with Crippen LogP contribution in [0.1, 0.15) is 37.7 Å². The van der Waals surface area contributed by atoms with Crippen molar-refractivity contribution < 1.29 is 22.7 Å². The largest absolute Gasteiger partial charge is 0.495 e. The molecule has 2 aliphatic rings. The van der Waals surface area contributed by atoms with Crippen molar-refractivity contribution in [2.24, 2.45) is 5.41 Å². The number of benzene rings is 2. The number of para-hydroxylation sites is 1. The standard InChI is InChI=1S/C30H38ClN5O5S/c1-30(2,3)27(33-28(37)24-14-19-8-6-7-9-23(19)32-24)29(38)36-18-21-16-22(36)17-35(21)13-12-34(4)42(39,40)26-15-20(31)10-11-25(26)41-5/h6-11,14-15,21-22,27,32H,12-13,16-18H2,1-5H3,(H,33,37)/t21-,22-,27+/m0/s1. The number of ether oxygens (including phenoxy) is 1. The molecule has 12 heteroatoms. The minimum absolute atomic E-state index is 0.00673. The Morgan fingerprint density at radius 1 is 1.14 bits per heavy atom. The summed E-state index contributed by atoms with van der Waals surface area (Å²) in [6.45, 7) is 7.85. The monoisotopic (exact) mass is 615 g/mol. The van der Waals surface area contributed by atoms with E-state index in [0.717, 1.165) is 17.3 Å². The van der Waals surface area contributed by atoms with Crippen LogP contribution in [0.25, 0.3) is 10.9 Å². The molecule has 3 atom stereocenters. The number of amides is 2. The Morgan fingerprint density at radius 2 is 1.88 bits per heavy atom. The van der Waals surface area contributed by atoms with Crippen molar-refractivity contribution in [1.82, 2.24) is 24.4 Å². The lowest BCUT2D eigenvalue weighted by molar-refractivity contribution is -0.138. The van der Waals surface area contributed by atoms with E-state index in [1.807, 2.05) is 49.9 Å². The van der Waals surface area contributed by atoms with Gasteiger partial charge in [0.25, 0.3) is 5.91 Å². The molecule has 2 N–H and O–H groups in total. The van der Waals surface area contributed by atoms with Crippen LogP contribution in [0.15, 0.2) is 53.4 Å². The second kappa shape index (κ2) is 11.5. The molecule has 5 rings (SSSR count). The number of likely N-dealkylation sites (tertiary alicyclic amines) is 2. The lowest BCUT2D eigenvalue weighted by Crippen LogP contribution is -2.59. The van der Waals surface area contributed by atoms with E-state index in [4.69, 9.17) is 16.3 Å². The molecule has 0 unspecified atom stereocenters. The number of fused-ring (bicyclic) bond motifs is 3. The van der Waals surface area contributed by atoms with Crippen molar-refractivity contribution in [3.8, 4) is 5.75 Å². The summed E-state index contributed by atoms with van der Waals surface area (Å²) in [4.78, 5) is 34.3. The van der Waals surface area contributed by atoms with Crippen LogP contribution in [0.2, 0.25) is 5.02 Å². The van der Waals surface area contributed by atoms with E-state index in [2.05, 4.69) is 15.2 Å². The molecule has 0 saturated carbocycles. The fourth-order valence-electron chi connectivity index (χ4n) is 5.92. The SMILES string of the molecule is COc1ccc(Cl)cc1S(=O)(=O)N(C)CCN1C[C@@H]2C[C@H]1CN2C(=O)[C@@H](NC(=O)c1cc2ccccc2[nH]1)C(C)(C)C. The summed E-state index contributed by atoms with van der Waals surface area (Å²) in [5.41, 5.74) is 0.781. The van der Waals surface area contributed by atoms with Crippen LogP contribution in [0, 0.1) is 5.41 Å². The van der Waals surface area contributed by atoms with Gasteiger partial charge in [0.15, 0.2) is 0 Å². The number of halogens is 1. The van der Waals surface area contributed by atoms with Crippen LogP contribution in [-0.4, -0.2) is 97.8 Å². The first-order chi connectivity index (χ1) is 19.8. The first kappa shape index (κ1) is 30.3. The van der Waals surface area contributed by atoms with Gasteiger partial charge in [-0.3, -0.25) is 14.5 Å². The number of piperazine rings is 1. The van der Waals surface area contributed by atoms with Crippen molar-refractivity contribution in [2.45, 2.75) is 50.2 Å². The third kappa shape index (κ3) is 5.88. The molecule has 0 spiro atoms. The maximum absolute atomic E-state index is 13.8. The molecule has 2 bridgehead atoms. The predicted octanol–water partition coefficient (Wildman–Crippen LogP) is 3.58. The molecule has 42 heavy (non-hydrogen) atoms. The number of methoxy groups -OCH3 is 1. The summed E-state index contributed by atoms with van der Waals surface area (Å²) in [6, 6.07) is 13.4. The van der Waals surface area contributed by atoms with E-state index in [1.54, 1.807) is 25.2 Å². The number of nitrogens with one attached hydrogen (secondary N) is 2. The molecule has 2 aliphatic heterocycles. The van der Waals surface area contributed by atoms with Gasteiger partial charge in [-0.1, -0.05) is 50.6 Å². The number of aromatic amines is 1. The molecule has 3 aromatic rings. The van der Waals surface area contributed by atoms with Crippen molar-refractivity contribution >= 4 is 44.3 Å². The average Bonchev–Trinajstić information content (AvgIpc) is 3.67. The lowest BCUT2D eigenvalue weighted by Gasteiger charge is -2.39. The van der Waals surface area contributed by atoms with E-state index in [0.29, 0.717) is 30.4 Å². The Balaban J connectivity index is 1.21. The maximum atomic E-state index is 13.8. The average molecular weight is 616 g/mol. The minimum atomic E-state index is -3.81. The molecule has 0 aliphatic carbocycles. The third-order valence-corrected chi connectivity index (χ3v) is 10.4. The predicted molar refractivity (Wildman–Crippen MR) is 162 cm³/mol. The molecule has 0 radical (unpaired) electrons. The van der Waals surface area contributed by atoms with E-state index in [9.17, 15) is 18.0 Å². The summed E-state index contributed by atoms with van der Waals surface area (Å²) < 4.78 is 33.1. The Bertz CT molecular complexity index is 1570. The number of carbonyl (C=O) groups excluding carboxylic acids is 2. The number of hydrogen-bond donors (Lipinski definition) is 2. The van der Waals surface area contributed by atoms with Crippen LogP contribution < -0.4 is 10.1 Å². The number of rotatable bonds is 9. The minimum Gasteiger partial charge on any atom is -0.495 e. The van der Waals surface area contributed by atoms with E-state index in [1.165, 1.54) is 17.5 Å². The molecule has 3 heterocycles. The summed E-state index contributed by atoms with van der Waals surface area (Å²) in [5, 5.41) is 4.25. The van der Waals surface area contributed by atoms with Crippen LogP contribution in [-0.2, 0) is 14.8 Å². The van der Waals surface area contributed by atoms with Gasteiger partial charge < -0.3 is 19.9 Å². The molecule has 2 aromatic carbocycles. The zero-order valence-electron chi connectivity index (χ0n) is 24.6. The first-order valence-electron chi connectivity index (χ1n) is 14.0.